The molecule has 3 nitrogen and oxygen atoms in total. The van der Waals surface area contributed by atoms with Gasteiger partial charge in [-0.3, -0.25) is 4.79 Å². The Hall–Kier alpha value is -2.29. The van der Waals surface area contributed by atoms with Crippen LogP contribution in [0.15, 0.2) is 36.4 Å². The Labute approximate surface area is 118 Å². The van der Waals surface area contributed by atoms with Gasteiger partial charge in [0.1, 0.15) is 0 Å². The van der Waals surface area contributed by atoms with Gasteiger partial charge >= 0.3 is 0 Å². The average molecular weight is 268 g/mol. The van der Waals surface area contributed by atoms with Crippen molar-refractivity contribution in [2.45, 2.75) is 20.3 Å². The molecule has 0 saturated carbocycles. The molecular weight excluding hydrogens is 252 g/mol. The van der Waals surface area contributed by atoms with Crippen LogP contribution in [0.25, 0.3) is 0 Å². The van der Waals surface area contributed by atoms with Gasteiger partial charge in [0.2, 0.25) is 6.79 Å². The lowest BCUT2D eigenvalue weighted by Gasteiger charge is -2.07. The molecule has 0 N–H and O–H groups in total. The maximum atomic E-state index is 12.4. The molecule has 1 aliphatic heterocycles. The van der Waals surface area contributed by atoms with Crippen molar-refractivity contribution in [2.24, 2.45) is 0 Å². The summed E-state index contributed by atoms with van der Waals surface area (Å²) in [7, 11) is 0. The van der Waals surface area contributed by atoms with E-state index in [1.54, 1.807) is 18.2 Å². The number of hydrogen-bond donors (Lipinski definition) is 0. The molecule has 0 spiro atoms. The summed E-state index contributed by atoms with van der Waals surface area (Å²) in [4.78, 5) is 12.4. The van der Waals surface area contributed by atoms with Gasteiger partial charge in [0.25, 0.3) is 0 Å². The Morgan fingerprint density at radius 1 is 1.05 bits per heavy atom. The van der Waals surface area contributed by atoms with E-state index in [0.29, 0.717) is 23.5 Å². The van der Waals surface area contributed by atoms with Crippen molar-refractivity contribution in [1.82, 2.24) is 0 Å². The predicted octanol–water partition coefficient (Wildman–Crippen LogP) is 3.46. The van der Waals surface area contributed by atoms with Crippen LogP contribution in [0.3, 0.4) is 0 Å². The number of hydrogen-bond acceptors (Lipinski definition) is 3. The summed E-state index contributed by atoms with van der Waals surface area (Å²) in [6.45, 7) is 4.29. The maximum Gasteiger partial charge on any atom is 0.231 e. The Balaban J connectivity index is 1.84. The Morgan fingerprint density at radius 3 is 2.70 bits per heavy atom. The third kappa shape index (κ3) is 2.39. The zero-order valence-electron chi connectivity index (χ0n) is 11.6. The van der Waals surface area contributed by atoms with Crippen LogP contribution in [-0.4, -0.2) is 12.6 Å². The van der Waals surface area contributed by atoms with Crippen LogP contribution >= 0.6 is 0 Å². The highest BCUT2D eigenvalue weighted by atomic mass is 16.7. The zero-order chi connectivity index (χ0) is 14.1. The minimum atomic E-state index is 0.0944. The van der Waals surface area contributed by atoms with E-state index in [1.165, 1.54) is 5.56 Å². The highest BCUT2D eigenvalue weighted by Crippen LogP contribution is 2.32. The van der Waals surface area contributed by atoms with E-state index in [2.05, 4.69) is 18.2 Å². The first-order chi connectivity index (χ1) is 9.63. The van der Waals surface area contributed by atoms with Gasteiger partial charge in [-0.05, 0) is 43.2 Å². The molecule has 0 aliphatic carbocycles. The van der Waals surface area contributed by atoms with Crippen molar-refractivity contribution in [3.63, 3.8) is 0 Å². The van der Waals surface area contributed by atoms with Crippen molar-refractivity contribution in [3.05, 3.63) is 58.7 Å². The normalized spacial score (nSPS) is 12.5. The Kier molecular flexibility index (Phi) is 3.18. The number of fused-ring (bicyclic) bond motifs is 1. The van der Waals surface area contributed by atoms with Crippen LogP contribution in [0.5, 0.6) is 11.5 Å². The van der Waals surface area contributed by atoms with E-state index < -0.39 is 0 Å². The van der Waals surface area contributed by atoms with Gasteiger partial charge in [-0.2, -0.15) is 0 Å². The topological polar surface area (TPSA) is 35.5 Å². The fourth-order valence-electron chi connectivity index (χ4n) is 2.34. The number of ether oxygens (including phenoxy) is 2. The van der Waals surface area contributed by atoms with Crippen LogP contribution in [0.4, 0.5) is 0 Å². The van der Waals surface area contributed by atoms with Crippen molar-refractivity contribution in [1.29, 1.82) is 0 Å². The van der Waals surface area contributed by atoms with Gasteiger partial charge < -0.3 is 9.47 Å². The molecule has 0 fully saturated rings. The summed E-state index contributed by atoms with van der Waals surface area (Å²) in [5.74, 6) is 1.45. The van der Waals surface area contributed by atoms with Crippen LogP contribution in [0, 0.1) is 13.8 Å². The van der Waals surface area contributed by atoms with Crippen molar-refractivity contribution >= 4 is 5.78 Å². The van der Waals surface area contributed by atoms with Crippen molar-refractivity contribution in [3.8, 4) is 11.5 Å². The zero-order valence-corrected chi connectivity index (χ0v) is 11.6. The van der Waals surface area contributed by atoms with Crippen molar-refractivity contribution in [2.75, 3.05) is 6.79 Å². The van der Waals surface area contributed by atoms with Gasteiger partial charge in [0.15, 0.2) is 17.3 Å². The lowest BCUT2D eigenvalue weighted by Crippen LogP contribution is -2.05. The molecule has 1 heterocycles. The van der Waals surface area contributed by atoms with E-state index in [1.807, 2.05) is 13.8 Å². The summed E-state index contributed by atoms with van der Waals surface area (Å²) < 4.78 is 10.6. The van der Waals surface area contributed by atoms with Crippen molar-refractivity contribution < 1.29 is 14.3 Å². The fourth-order valence-corrected chi connectivity index (χ4v) is 2.34. The molecule has 2 aromatic carbocycles. The molecule has 0 aromatic heterocycles. The summed E-state index contributed by atoms with van der Waals surface area (Å²) >= 11 is 0. The first-order valence-corrected chi connectivity index (χ1v) is 6.62. The summed E-state index contributed by atoms with van der Waals surface area (Å²) in [6.07, 6.45) is 0.410. The molecule has 0 amide bonds. The molecule has 3 heteroatoms. The fraction of sp³-hybridized carbons (Fsp3) is 0.235. The van der Waals surface area contributed by atoms with Crippen LogP contribution < -0.4 is 9.47 Å². The second-order valence-corrected chi connectivity index (χ2v) is 5.10. The predicted molar refractivity (Wildman–Crippen MR) is 76.5 cm³/mol. The summed E-state index contributed by atoms with van der Waals surface area (Å²) in [5.41, 5.74) is 4.05. The standard InChI is InChI=1S/C17H16O3/c1-11-3-4-12(2)14(7-11)8-15(18)13-5-6-16-17(9-13)20-10-19-16/h3-7,9H,8,10H2,1-2H3. The molecule has 2 aromatic rings. The minimum absolute atomic E-state index is 0.0944. The van der Waals surface area contributed by atoms with Gasteiger partial charge in [-0.25, -0.2) is 0 Å². The molecule has 102 valence electrons. The van der Waals surface area contributed by atoms with Gasteiger partial charge in [-0.15, -0.1) is 0 Å². The number of rotatable bonds is 3. The third-order valence-electron chi connectivity index (χ3n) is 3.55. The number of aryl methyl sites for hydroxylation is 2. The van der Waals surface area contributed by atoms with E-state index in [0.717, 1.165) is 11.1 Å². The van der Waals surface area contributed by atoms with Gasteiger partial charge in [0, 0.05) is 12.0 Å². The molecule has 0 saturated heterocycles. The highest BCUT2D eigenvalue weighted by Gasteiger charge is 2.16. The van der Waals surface area contributed by atoms with E-state index >= 15 is 0 Å². The van der Waals surface area contributed by atoms with Crippen LogP contribution in [0.1, 0.15) is 27.0 Å². The molecule has 3 rings (SSSR count). The molecule has 0 atom stereocenters. The smallest absolute Gasteiger partial charge is 0.231 e. The molecule has 0 unspecified atom stereocenters. The quantitative estimate of drug-likeness (QED) is 0.800. The van der Waals surface area contributed by atoms with Crippen LogP contribution in [-0.2, 0) is 6.42 Å². The third-order valence-corrected chi connectivity index (χ3v) is 3.55. The molecule has 1 aliphatic rings. The number of ketones is 1. The SMILES string of the molecule is Cc1ccc(C)c(CC(=O)c2ccc3c(c2)OCO3)c1. The molecular formula is C17H16O3. The molecule has 0 bridgehead atoms. The Morgan fingerprint density at radius 2 is 1.85 bits per heavy atom. The molecule has 20 heavy (non-hydrogen) atoms. The molecule has 0 radical (unpaired) electrons. The largest absolute Gasteiger partial charge is 0.454 e. The highest BCUT2D eigenvalue weighted by molar-refractivity contribution is 5.98. The number of carbonyl (C=O) groups is 1. The van der Waals surface area contributed by atoms with E-state index in [9.17, 15) is 4.79 Å². The number of carbonyl (C=O) groups excluding carboxylic acids is 1. The average Bonchev–Trinajstić information content (AvgIpc) is 2.90. The maximum absolute atomic E-state index is 12.4. The number of Topliss-reactive ketones (excluding diaryl/α,β-unsaturated/α-hetero) is 1. The van der Waals surface area contributed by atoms with Gasteiger partial charge in [-0.1, -0.05) is 23.8 Å². The van der Waals surface area contributed by atoms with E-state index in [-0.39, 0.29) is 12.6 Å². The number of benzene rings is 2. The second kappa shape index (κ2) is 5.00. The van der Waals surface area contributed by atoms with Crippen LogP contribution in [0.2, 0.25) is 0 Å². The Bertz CT molecular complexity index is 674. The second-order valence-electron chi connectivity index (χ2n) is 5.10. The first kappa shape index (κ1) is 12.7. The summed E-state index contributed by atoms with van der Waals surface area (Å²) in [5, 5.41) is 0. The minimum Gasteiger partial charge on any atom is -0.454 e. The monoisotopic (exact) mass is 268 g/mol. The summed E-state index contributed by atoms with van der Waals surface area (Å²) in [6, 6.07) is 11.5. The lowest BCUT2D eigenvalue weighted by molar-refractivity contribution is 0.0992. The van der Waals surface area contributed by atoms with E-state index in [4.69, 9.17) is 9.47 Å². The van der Waals surface area contributed by atoms with Gasteiger partial charge in [0.05, 0.1) is 0 Å². The first-order valence-electron chi connectivity index (χ1n) is 6.62. The lowest BCUT2D eigenvalue weighted by atomic mass is 9.97.